The van der Waals surface area contributed by atoms with Crippen LogP contribution in [0.15, 0.2) is 87.5 Å². The molecule has 0 saturated heterocycles. The summed E-state index contributed by atoms with van der Waals surface area (Å²) in [6.07, 6.45) is 0. The Morgan fingerprint density at radius 1 is 0.478 bits per heavy atom. The van der Waals surface area contributed by atoms with Gasteiger partial charge < -0.3 is 0 Å². The van der Waals surface area contributed by atoms with Crippen LogP contribution in [-0.2, 0) is 0 Å². The van der Waals surface area contributed by atoms with Gasteiger partial charge in [-0.25, -0.2) is 0 Å². The molecule has 0 bridgehead atoms. The number of hydrogen-bond donors (Lipinski definition) is 0. The first-order valence-electron chi connectivity index (χ1n) is 6.80. The van der Waals surface area contributed by atoms with Gasteiger partial charge in [-0.1, -0.05) is 34.8 Å². The SMILES string of the molecule is Clc1ccc(S(Br)(c2ccc(Cl)cc2)c2ccc(Cl)cc2)cc1. The third-order valence-corrected chi connectivity index (χ3v) is 10.3. The molecule has 0 N–H and O–H groups in total. The maximum Gasteiger partial charge on any atom is 0.0406 e. The second-order valence-corrected chi connectivity index (χ2v) is 11.6. The topological polar surface area (TPSA) is 0 Å². The molecule has 0 saturated carbocycles. The van der Waals surface area contributed by atoms with E-state index >= 15 is 0 Å². The monoisotopic (exact) mass is 444 g/mol. The Balaban J connectivity index is 2.21. The van der Waals surface area contributed by atoms with Crippen molar-refractivity contribution in [1.29, 1.82) is 0 Å². The summed E-state index contributed by atoms with van der Waals surface area (Å²) >= 11 is 22.2. The zero-order valence-electron chi connectivity index (χ0n) is 11.8. The largest absolute Gasteiger partial charge is 0.101 e. The molecule has 3 rings (SSSR count). The summed E-state index contributed by atoms with van der Waals surface area (Å²) in [5, 5.41) is 2.15. The molecule has 3 aromatic rings. The molecule has 0 heterocycles. The van der Waals surface area contributed by atoms with Gasteiger partial charge in [0.05, 0.1) is 0 Å². The molecule has 0 amide bonds. The highest BCUT2D eigenvalue weighted by molar-refractivity contribution is 9.58. The molecule has 0 radical (unpaired) electrons. The minimum atomic E-state index is -1.59. The lowest BCUT2D eigenvalue weighted by molar-refractivity contribution is 1.32. The van der Waals surface area contributed by atoms with Crippen LogP contribution in [0.3, 0.4) is 0 Å². The fraction of sp³-hybridized carbons (Fsp3) is 0. The van der Waals surface area contributed by atoms with Crippen LogP contribution in [-0.4, -0.2) is 0 Å². The molecular weight excluding hydrogens is 435 g/mol. The highest BCUT2D eigenvalue weighted by atomic mass is 79.9. The number of halogens is 4. The third-order valence-electron chi connectivity index (χ3n) is 3.42. The van der Waals surface area contributed by atoms with E-state index in [0.717, 1.165) is 29.8 Å². The Labute approximate surface area is 159 Å². The fourth-order valence-corrected chi connectivity index (χ4v) is 6.94. The van der Waals surface area contributed by atoms with Gasteiger partial charge in [0.2, 0.25) is 0 Å². The van der Waals surface area contributed by atoms with Crippen molar-refractivity contribution in [2.75, 3.05) is 0 Å². The molecule has 23 heavy (non-hydrogen) atoms. The van der Waals surface area contributed by atoms with Gasteiger partial charge in [-0.3, -0.25) is 0 Å². The second-order valence-electron chi connectivity index (χ2n) is 4.90. The molecule has 0 aliphatic heterocycles. The van der Waals surface area contributed by atoms with Crippen molar-refractivity contribution < 1.29 is 0 Å². The molecule has 0 spiro atoms. The van der Waals surface area contributed by atoms with Gasteiger partial charge in [0.15, 0.2) is 0 Å². The molecule has 0 aliphatic rings. The lowest BCUT2D eigenvalue weighted by Crippen LogP contribution is -1.96. The van der Waals surface area contributed by atoms with E-state index in [1.165, 1.54) is 0 Å². The van der Waals surface area contributed by atoms with Crippen LogP contribution >= 0.6 is 58.1 Å². The van der Waals surface area contributed by atoms with Gasteiger partial charge in [0.1, 0.15) is 0 Å². The van der Waals surface area contributed by atoms with E-state index in [-0.39, 0.29) is 0 Å². The molecular formula is C18H12BrCl3S. The normalized spacial score (nSPS) is 12.2. The molecule has 0 unspecified atom stereocenters. The van der Waals surface area contributed by atoms with Crippen LogP contribution in [0.4, 0.5) is 0 Å². The van der Waals surface area contributed by atoms with Crippen molar-refractivity contribution in [3.8, 4) is 0 Å². The van der Waals surface area contributed by atoms with Crippen LogP contribution in [0.5, 0.6) is 0 Å². The summed E-state index contributed by atoms with van der Waals surface area (Å²) in [7, 11) is -1.59. The summed E-state index contributed by atoms with van der Waals surface area (Å²) in [5.41, 5.74) is 0. The van der Waals surface area contributed by atoms with Gasteiger partial charge in [0, 0.05) is 29.8 Å². The fourth-order valence-electron chi connectivity index (χ4n) is 2.27. The van der Waals surface area contributed by atoms with E-state index in [4.69, 9.17) is 34.8 Å². The summed E-state index contributed by atoms with van der Waals surface area (Å²) in [6, 6.07) is 23.8. The maximum atomic E-state index is 6.05. The van der Waals surface area contributed by atoms with E-state index in [0.29, 0.717) is 0 Å². The van der Waals surface area contributed by atoms with Crippen molar-refractivity contribution in [3.05, 3.63) is 87.9 Å². The third kappa shape index (κ3) is 3.57. The number of rotatable bonds is 3. The predicted molar refractivity (Wildman–Crippen MR) is 106 cm³/mol. The molecule has 0 atom stereocenters. The smallest absolute Gasteiger partial charge is 0.0406 e. The first-order chi connectivity index (χ1) is 11.0. The molecule has 0 fully saturated rings. The molecule has 0 aliphatic carbocycles. The van der Waals surface area contributed by atoms with Gasteiger partial charge in [0.25, 0.3) is 0 Å². The van der Waals surface area contributed by atoms with E-state index < -0.39 is 8.46 Å². The molecule has 3 aromatic carbocycles. The maximum absolute atomic E-state index is 6.05. The van der Waals surface area contributed by atoms with Crippen LogP contribution in [0.2, 0.25) is 15.1 Å². The van der Waals surface area contributed by atoms with Gasteiger partial charge >= 0.3 is 0 Å². The van der Waals surface area contributed by atoms with Crippen LogP contribution in [0, 0.1) is 0 Å². The summed E-state index contributed by atoms with van der Waals surface area (Å²) < 4.78 is 0. The summed E-state index contributed by atoms with van der Waals surface area (Å²) in [4.78, 5) is 3.48. The predicted octanol–water partition coefficient (Wildman–Crippen LogP) is 8.24. The Hall–Kier alpha value is -0.640. The molecule has 0 nitrogen and oxygen atoms in total. The Morgan fingerprint density at radius 2 is 0.696 bits per heavy atom. The van der Waals surface area contributed by atoms with Crippen LogP contribution in [0.1, 0.15) is 0 Å². The Kier molecular flexibility index (Phi) is 5.29. The van der Waals surface area contributed by atoms with Crippen LogP contribution < -0.4 is 0 Å². The highest BCUT2D eigenvalue weighted by Crippen LogP contribution is 2.74. The quantitative estimate of drug-likeness (QED) is 0.380. The van der Waals surface area contributed by atoms with Crippen molar-refractivity contribution in [1.82, 2.24) is 0 Å². The minimum Gasteiger partial charge on any atom is -0.101 e. The van der Waals surface area contributed by atoms with Gasteiger partial charge in [-0.2, -0.15) is 0 Å². The highest BCUT2D eigenvalue weighted by Gasteiger charge is 2.28. The zero-order chi connectivity index (χ0) is 16.4. The lowest BCUT2D eigenvalue weighted by Gasteiger charge is -2.35. The van der Waals surface area contributed by atoms with E-state index in [1.54, 1.807) is 0 Å². The van der Waals surface area contributed by atoms with Crippen molar-refractivity contribution in [3.63, 3.8) is 0 Å². The van der Waals surface area contributed by atoms with Crippen molar-refractivity contribution in [2.45, 2.75) is 14.7 Å². The summed E-state index contributed by atoms with van der Waals surface area (Å²) in [5.74, 6) is 0. The van der Waals surface area contributed by atoms with Gasteiger partial charge in [-0.05, 0) is 87.6 Å². The first kappa shape index (κ1) is 17.2. The van der Waals surface area contributed by atoms with Crippen molar-refractivity contribution >= 4 is 58.1 Å². The molecule has 118 valence electrons. The Morgan fingerprint density at radius 3 is 0.913 bits per heavy atom. The molecule has 0 aromatic heterocycles. The van der Waals surface area contributed by atoms with E-state index in [9.17, 15) is 0 Å². The number of hydrogen-bond acceptors (Lipinski definition) is 0. The van der Waals surface area contributed by atoms with Gasteiger partial charge in [-0.15, -0.1) is 8.46 Å². The lowest BCUT2D eigenvalue weighted by atomic mass is 10.3. The second kappa shape index (κ2) is 7.08. The number of benzene rings is 3. The average Bonchev–Trinajstić information content (AvgIpc) is 2.56. The standard InChI is InChI=1S/C18H12BrCl3S/c19-23(16-7-1-13(20)2-8-16,17-9-3-14(21)4-10-17)18-11-5-15(22)6-12-18/h1-12H. The zero-order valence-corrected chi connectivity index (χ0v) is 16.5. The molecule has 5 heteroatoms. The van der Waals surface area contributed by atoms with Crippen molar-refractivity contribution in [2.24, 2.45) is 0 Å². The van der Waals surface area contributed by atoms with E-state index in [2.05, 4.69) is 51.2 Å². The Bertz CT molecular complexity index is 688. The van der Waals surface area contributed by atoms with Crippen LogP contribution in [0.25, 0.3) is 0 Å². The minimum absolute atomic E-state index is 0.718. The van der Waals surface area contributed by atoms with E-state index in [1.807, 2.05) is 36.4 Å². The summed E-state index contributed by atoms with van der Waals surface area (Å²) in [6.45, 7) is 0. The first-order valence-corrected chi connectivity index (χ1v) is 11.4. The average molecular weight is 447 g/mol.